The number of rotatable bonds is 2. The van der Waals surface area contributed by atoms with Crippen molar-refractivity contribution in [2.45, 2.75) is 31.3 Å². The highest BCUT2D eigenvalue weighted by Crippen LogP contribution is 2.50. The van der Waals surface area contributed by atoms with Gasteiger partial charge in [0.25, 0.3) is 0 Å². The highest BCUT2D eigenvalue weighted by atomic mass is 79.9. The summed E-state index contributed by atoms with van der Waals surface area (Å²) in [5, 5.41) is 0. The van der Waals surface area contributed by atoms with E-state index in [0.717, 1.165) is 29.4 Å². The molecule has 19 heavy (non-hydrogen) atoms. The van der Waals surface area contributed by atoms with E-state index in [4.69, 9.17) is 4.74 Å². The van der Waals surface area contributed by atoms with E-state index in [-0.39, 0.29) is 17.4 Å². The Bertz CT molecular complexity index is 499. The maximum atomic E-state index is 12.8. The Kier molecular flexibility index (Phi) is 3.39. The number of carbonyl (C=O) groups excluding carboxylic acids is 1. The van der Waals surface area contributed by atoms with Crippen LogP contribution in [0.5, 0.6) is 0 Å². The zero-order valence-corrected chi connectivity index (χ0v) is 12.6. The van der Waals surface area contributed by atoms with Gasteiger partial charge in [-0.05, 0) is 37.5 Å². The molecule has 1 amide bonds. The number of nitrogens with zero attached hydrogens (tertiary/aromatic N) is 1. The first kappa shape index (κ1) is 13.1. The summed E-state index contributed by atoms with van der Waals surface area (Å²) < 4.78 is 6.56. The SMILES string of the molecule is CC1CN(C(=O)C2(c3cccc(Br)c3)CC2)CCO1. The molecule has 1 aliphatic heterocycles. The van der Waals surface area contributed by atoms with Gasteiger partial charge < -0.3 is 9.64 Å². The van der Waals surface area contributed by atoms with E-state index in [9.17, 15) is 4.79 Å². The van der Waals surface area contributed by atoms with Crippen LogP contribution in [0.2, 0.25) is 0 Å². The zero-order chi connectivity index (χ0) is 13.5. The lowest BCUT2D eigenvalue weighted by molar-refractivity contribution is -0.140. The number of hydrogen-bond acceptors (Lipinski definition) is 2. The van der Waals surface area contributed by atoms with Crippen LogP contribution in [0.15, 0.2) is 28.7 Å². The fourth-order valence-corrected chi connectivity index (χ4v) is 3.24. The standard InChI is InChI=1S/C15H18BrNO2/c1-11-10-17(7-8-19-11)14(18)15(5-6-15)12-3-2-4-13(16)9-12/h2-4,9,11H,5-8,10H2,1H3. The van der Waals surface area contributed by atoms with Crippen molar-refractivity contribution in [1.82, 2.24) is 4.90 Å². The Morgan fingerprint density at radius 3 is 2.89 bits per heavy atom. The molecule has 1 aromatic carbocycles. The minimum Gasteiger partial charge on any atom is -0.375 e. The summed E-state index contributed by atoms with van der Waals surface area (Å²) in [7, 11) is 0. The molecule has 1 aliphatic carbocycles. The number of carbonyl (C=O) groups is 1. The molecule has 0 spiro atoms. The average molecular weight is 324 g/mol. The molecular formula is C15H18BrNO2. The largest absolute Gasteiger partial charge is 0.375 e. The Labute approximate surface area is 122 Å². The van der Waals surface area contributed by atoms with E-state index >= 15 is 0 Å². The maximum Gasteiger partial charge on any atom is 0.233 e. The molecule has 1 saturated carbocycles. The van der Waals surface area contributed by atoms with Crippen molar-refractivity contribution in [3.63, 3.8) is 0 Å². The second-order valence-electron chi connectivity index (χ2n) is 5.53. The molecule has 3 nitrogen and oxygen atoms in total. The molecule has 1 aromatic rings. The van der Waals surface area contributed by atoms with Gasteiger partial charge in [0, 0.05) is 17.6 Å². The van der Waals surface area contributed by atoms with Gasteiger partial charge in [-0.25, -0.2) is 0 Å². The van der Waals surface area contributed by atoms with Crippen molar-refractivity contribution in [1.29, 1.82) is 0 Å². The number of hydrogen-bond donors (Lipinski definition) is 0. The van der Waals surface area contributed by atoms with Crippen molar-refractivity contribution in [3.8, 4) is 0 Å². The molecule has 0 aromatic heterocycles. The van der Waals surface area contributed by atoms with Crippen LogP contribution in [0.25, 0.3) is 0 Å². The molecule has 2 fully saturated rings. The fourth-order valence-electron chi connectivity index (χ4n) is 2.84. The molecule has 0 bridgehead atoms. The molecule has 1 unspecified atom stereocenters. The van der Waals surface area contributed by atoms with E-state index in [2.05, 4.69) is 28.1 Å². The number of benzene rings is 1. The Morgan fingerprint density at radius 2 is 2.26 bits per heavy atom. The van der Waals surface area contributed by atoms with Crippen molar-refractivity contribution in [3.05, 3.63) is 34.3 Å². The smallest absolute Gasteiger partial charge is 0.233 e. The third-order valence-corrected chi connectivity index (χ3v) is 4.56. The molecule has 2 aliphatic rings. The minimum absolute atomic E-state index is 0.149. The van der Waals surface area contributed by atoms with Crippen LogP contribution in [-0.2, 0) is 14.9 Å². The summed E-state index contributed by atoms with van der Waals surface area (Å²) >= 11 is 3.49. The van der Waals surface area contributed by atoms with Crippen LogP contribution < -0.4 is 0 Å². The van der Waals surface area contributed by atoms with Gasteiger partial charge in [0.1, 0.15) is 0 Å². The van der Waals surface area contributed by atoms with E-state index in [1.165, 1.54) is 0 Å². The van der Waals surface area contributed by atoms with Crippen molar-refractivity contribution < 1.29 is 9.53 Å². The van der Waals surface area contributed by atoms with Gasteiger partial charge >= 0.3 is 0 Å². The van der Waals surface area contributed by atoms with E-state index in [0.29, 0.717) is 13.2 Å². The molecule has 0 N–H and O–H groups in total. The summed E-state index contributed by atoms with van der Waals surface area (Å²) in [5.41, 5.74) is 0.881. The second kappa shape index (κ2) is 4.91. The summed E-state index contributed by atoms with van der Waals surface area (Å²) in [4.78, 5) is 14.8. The normalized spacial score (nSPS) is 25.2. The molecule has 4 heteroatoms. The van der Waals surface area contributed by atoms with Gasteiger partial charge in [-0.15, -0.1) is 0 Å². The van der Waals surface area contributed by atoms with Crippen LogP contribution >= 0.6 is 15.9 Å². The lowest BCUT2D eigenvalue weighted by atomic mass is 9.94. The van der Waals surface area contributed by atoms with Crippen molar-refractivity contribution in [2.75, 3.05) is 19.7 Å². The number of morpholine rings is 1. The minimum atomic E-state index is -0.263. The Hall–Kier alpha value is -0.870. The highest BCUT2D eigenvalue weighted by Gasteiger charge is 2.53. The fraction of sp³-hybridized carbons (Fsp3) is 0.533. The zero-order valence-electron chi connectivity index (χ0n) is 11.1. The van der Waals surface area contributed by atoms with E-state index in [1.807, 2.05) is 24.0 Å². The van der Waals surface area contributed by atoms with E-state index < -0.39 is 0 Å². The Morgan fingerprint density at radius 1 is 1.47 bits per heavy atom. The Balaban J connectivity index is 1.82. The van der Waals surface area contributed by atoms with Gasteiger partial charge in [0.15, 0.2) is 0 Å². The first-order valence-corrected chi connectivity index (χ1v) is 7.58. The lowest BCUT2D eigenvalue weighted by Crippen LogP contribution is -2.48. The van der Waals surface area contributed by atoms with Gasteiger partial charge in [0.05, 0.1) is 18.1 Å². The molecule has 0 radical (unpaired) electrons. The predicted molar refractivity (Wildman–Crippen MR) is 77.0 cm³/mol. The summed E-state index contributed by atoms with van der Waals surface area (Å²) in [6.07, 6.45) is 2.08. The van der Waals surface area contributed by atoms with Gasteiger partial charge in [-0.2, -0.15) is 0 Å². The molecule has 1 atom stereocenters. The van der Waals surface area contributed by atoms with Gasteiger partial charge in [-0.1, -0.05) is 28.1 Å². The highest BCUT2D eigenvalue weighted by molar-refractivity contribution is 9.10. The number of halogens is 1. The number of ether oxygens (including phenoxy) is 1. The monoisotopic (exact) mass is 323 g/mol. The van der Waals surface area contributed by atoms with E-state index in [1.54, 1.807) is 0 Å². The average Bonchev–Trinajstić information content (AvgIpc) is 3.19. The quantitative estimate of drug-likeness (QED) is 0.837. The second-order valence-corrected chi connectivity index (χ2v) is 6.44. The maximum absolute atomic E-state index is 12.8. The van der Waals surface area contributed by atoms with Crippen LogP contribution in [0.1, 0.15) is 25.3 Å². The molecular weight excluding hydrogens is 306 g/mol. The van der Waals surface area contributed by atoms with Crippen LogP contribution in [0, 0.1) is 0 Å². The molecule has 1 saturated heterocycles. The molecule has 102 valence electrons. The summed E-state index contributed by atoms with van der Waals surface area (Å²) in [5.74, 6) is 0.278. The predicted octanol–water partition coefficient (Wildman–Crippen LogP) is 2.73. The summed E-state index contributed by atoms with van der Waals surface area (Å²) in [6.45, 7) is 4.12. The van der Waals surface area contributed by atoms with Crippen molar-refractivity contribution >= 4 is 21.8 Å². The molecule has 1 heterocycles. The van der Waals surface area contributed by atoms with Crippen LogP contribution in [0.3, 0.4) is 0 Å². The third-order valence-electron chi connectivity index (χ3n) is 4.06. The van der Waals surface area contributed by atoms with Crippen LogP contribution in [-0.4, -0.2) is 36.6 Å². The van der Waals surface area contributed by atoms with Crippen molar-refractivity contribution in [2.24, 2.45) is 0 Å². The lowest BCUT2D eigenvalue weighted by Gasteiger charge is -2.34. The van der Waals surface area contributed by atoms with Gasteiger partial charge in [0.2, 0.25) is 5.91 Å². The first-order valence-electron chi connectivity index (χ1n) is 6.79. The first-order chi connectivity index (χ1) is 9.12. The molecule has 3 rings (SSSR count). The summed E-state index contributed by atoms with van der Waals surface area (Å²) in [6, 6.07) is 8.16. The number of amides is 1. The third kappa shape index (κ3) is 2.43. The van der Waals surface area contributed by atoms with Crippen LogP contribution in [0.4, 0.5) is 0 Å². The topological polar surface area (TPSA) is 29.5 Å². The van der Waals surface area contributed by atoms with Gasteiger partial charge in [-0.3, -0.25) is 4.79 Å².